The predicted molar refractivity (Wildman–Crippen MR) is 132 cm³/mol. The highest BCUT2D eigenvalue weighted by atomic mass is 16.5. The smallest absolute Gasteiger partial charge is 0.332 e. The van der Waals surface area contributed by atoms with Crippen molar-refractivity contribution in [3.05, 3.63) is 53.2 Å². The van der Waals surface area contributed by atoms with E-state index in [0.717, 1.165) is 0 Å². The number of aromatic nitrogens is 4. The van der Waals surface area contributed by atoms with Crippen LogP contribution in [-0.4, -0.2) is 93.0 Å². The number of fused-ring (bicyclic) bond motifs is 2. The average Bonchev–Trinajstić information content (AvgIpc) is 3.02. The molecule has 0 saturated heterocycles. The highest BCUT2D eigenvalue weighted by molar-refractivity contribution is 6.67. The number of pyridine rings is 2. The van der Waals surface area contributed by atoms with Crippen LogP contribution in [0.3, 0.4) is 0 Å². The first-order chi connectivity index (χ1) is 15.3. The highest BCUT2D eigenvalue weighted by Gasteiger charge is 2.33. The number of imidazole rings is 1. The van der Waals surface area contributed by atoms with Gasteiger partial charge in [0.1, 0.15) is 56.2 Å². The van der Waals surface area contributed by atoms with E-state index in [9.17, 15) is 4.79 Å². The van der Waals surface area contributed by atoms with Crippen LogP contribution in [0.15, 0.2) is 47.5 Å². The lowest BCUT2D eigenvalue weighted by molar-refractivity contribution is 0.244. The topological polar surface area (TPSA) is 82.0 Å². The SMILES string of the molecule is [B]C([B])([B])Oc1ccnc2ccc(-n3c(=O)[nH]c4nccc(OC([B])([B])C([B])([B])[B])c43)cc12. The van der Waals surface area contributed by atoms with Gasteiger partial charge in [0, 0.05) is 29.2 Å². The Kier molecular flexibility index (Phi) is 5.58. The molecule has 0 fully saturated rings. The second kappa shape index (κ2) is 7.89. The second-order valence-corrected chi connectivity index (χ2v) is 7.57. The van der Waals surface area contributed by atoms with Gasteiger partial charge >= 0.3 is 5.69 Å². The minimum atomic E-state index is -2.19. The zero-order chi connectivity index (χ0) is 24.2. The number of hydrogen-bond donors (Lipinski definition) is 1. The average molecular weight is 415 g/mol. The lowest BCUT2D eigenvalue weighted by Gasteiger charge is -2.42. The van der Waals surface area contributed by atoms with Gasteiger partial charge in [-0.05, 0) is 29.6 Å². The molecule has 0 bridgehead atoms. The number of aromatic amines is 1. The molecule has 0 aliphatic carbocycles. The van der Waals surface area contributed by atoms with Crippen molar-refractivity contribution in [3.63, 3.8) is 0 Å². The molecule has 0 aliphatic heterocycles. The maximum atomic E-state index is 12.9. The Hall–Kier alpha value is -2.83. The molecular formula is C18H8B8N4O3. The molecule has 1 N–H and O–H groups in total. The van der Waals surface area contributed by atoms with Crippen LogP contribution >= 0.6 is 0 Å². The normalized spacial score (nSPS) is 12.7. The van der Waals surface area contributed by atoms with Gasteiger partial charge in [0.15, 0.2) is 5.65 Å². The van der Waals surface area contributed by atoms with E-state index in [0.29, 0.717) is 16.6 Å². The van der Waals surface area contributed by atoms with Crippen molar-refractivity contribution in [2.24, 2.45) is 0 Å². The Balaban J connectivity index is 1.93. The van der Waals surface area contributed by atoms with E-state index in [4.69, 9.17) is 72.2 Å². The maximum Gasteiger partial charge on any atom is 0.332 e. The zero-order valence-corrected chi connectivity index (χ0v) is 17.2. The molecule has 4 aromatic rings. The van der Waals surface area contributed by atoms with Crippen LogP contribution in [0, 0.1) is 0 Å². The summed E-state index contributed by atoms with van der Waals surface area (Å²) in [6.45, 7) is 0. The van der Waals surface area contributed by atoms with Gasteiger partial charge in [0.05, 0.1) is 34.7 Å². The molecule has 0 saturated carbocycles. The van der Waals surface area contributed by atoms with Crippen molar-refractivity contribution in [2.45, 2.75) is 15.8 Å². The first-order valence-corrected chi connectivity index (χ1v) is 9.45. The fraction of sp³-hybridized carbons (Fsp3) is 0.167. The number of rotatable bonds is 6. The molecule has 3 heterocycles. The van der Waals surface area contributed by atoms with Crippen LogP contribution in [0.25, 0.3) is 27.8 Å². The Morgan fingerprint density at radius 2 is 1.52 bits per heavy atom. The van der Waals surface area contributed by atoms with Crippen molar-refractivity contribution >= 4 is 84.8 Å². The van der Waals surface area contributed by atoms with Gasteiger partial charge in [-0.15, -0.1) is 5.11 Å². The quantitative estimate of drug-likeness (QED) is 0.397. The molecule has 0 amide bonds. The number of H-pyrrole nitrogens is 1. The molecule has 16 radical (unpaired) electrons. The van der Waals surface area contributed by atoms with Crippen LogP contribution in [0.2, 0.25) is 5.11 Å². The van der Waals surface area contributed by atoms with Crippen molar-refractivity contribution in [1.82, 2.24) is 19.5 Å². The van der Waals surface area contributed by atoms with Crippen LogP contribution < -0.4 is 15.2 Å². The molecule has 33 heavy (non-hydrogen) atoms. The number of nitrogens with zero attached hydrogens (tertiary/aromatic N) is 3. The summed E-state index contributed by atoms with van der Waals surface area (Å²) in [5, 5.41) is -5.76. The van der Waals surface area contributed by atoms with E-state index in [1.165, 1.54) is 29.1 Å². The predicted octanol–water partition coefficient (Wildman–Crippen LogP) is -1.29. The van der Waals surface area contributed by atoms with E-state index >= 15 is 0 Å². The second-order valence-electron chi connectivity index (χ2n) is 7.57. The summed E-state index contributed by atoms with van der Waals surface area (Å²) in [5.41, 5.74) is 0.751. The Labute approximate surface area is 200 Å². The van der Waals surface area contributed by atoms with Gasteiger partial charge in [0.25, 0.3) is 0 Å². The summed E-state index contributed by atoms with van der Waals surface area (Å²) in [6.07, 6.45) is 2.87. The fourth-order valence-electron chi connectivity index (χ4n) is 3.13. The monoisotopic (exact) mass is 416 g/mol. The molecule has 0 atom stereocenters. The van der Waals surface area contributed by atoms with Gasteiger partial charge in [-0.1, -0.05) is 0 Å². The lowest BCUT2D eigenvalue weighted by Crippen LogP contribution is -2.51. The first-order valence-electron chi connectivity index (χ1n) is 9.45. The van der Waals surface area contributed by atoms with E-state index in [1.54, 1.807) is 18.2 Å². The number of nitrogens with one attached hydrogen (secondary N) is 1. The largest absolute Gasteiger partial charge is 0.515 e. The third-order valence-electron chi connectivity index (χ3n) is 4.72. The third-order valence-corrected chi connectivity index (χ3v) is 4.72. The summed E-state index contributed by atoms with van der Waals surface area (Å²) < 4.78 is 12.3. The Bertz CT molecular complexity index is 1410. The summed E-state index contributed by atoms with van der Waals surface area (Å²) in [5.74, 6) is 0.292. The highest BCUT2D eigenvalue weighted by Crippen LogP contribution is 2.33. The van der Waals surface area contributed by atoms with E-state index in [2.05, 4.69) is 15.0 Å². The zero-order valence-electron chi connectivity index (χ0n) is 17.2. The van der Waals surface area contributed by atoms with E-state index in [-0.39, 0.29) is 22.7 Å². The lowest BCUT2D eigenvalue weighted by atomic mass is 9.28. The molecule has 7 nitrogen and oxygen atoms in total. The van der Waals surface area contributed by atoms with Crippen molar-refractivity contribution in [2.75, 3.05) is 0 Å². The van der Waals surface area contributed by atoms with Crippen LogP contribution in [0.5, 0.6) is 11.5 Å². The summed E-state index contributed by atoms with van der Waals surface area (Å²) in [6, 6.07) is 7.87. The van der Waals surface area contributed by atoms with Crippen molar-refractivity contribution in [3.8, 4) is 17.2 Å². The van der Waals surface area contributed by atoms with Gasteiger partial charge < -0.3 is 9.47 Å². The first kappa shape index (κ1) is 23.3. The van der Waals surface area contributed by atoms with Crippen molar-refractivity contribution < 1.29 is 9.47 Å². The Morgan fingerprint density at radius 3 is 2.18 bits per heavy atom. The molecule has 142 valence electrons. The maximum absolute atomic E-state index is 12.9. The summed E-state index contributed by atoms with van der Waals surface area (Å²) in [7, 11) is 45.3. The fourth-order valence-corrected chi connectivity index (χ4v) is 3.13. The molecule has 0 unspecified atom stereocenters. The van der Waals surface area contributed by atoms with Gasteiger partial charge in [-0.2, -0.15) is 0 Å². The summed E-state index contributed by atoms with van der Waals surface area (Å²) >= 11 is 0. The van der Waals surface area contributed by atoms with Crippen molar-refractivity contribution in [1.29, 1.82) is 0 Å². The van der Waals surface area contributed by atoms with Gasteiger partial charge in [-0.25, -0.2) is 9.78 Å². The van der Waals surface area contributed by atoms with E-state index in [1.807, 2.05) is 0 Å². The molecule has 0 aliphatic rings. The Morgan fingerprint density at radius 1 is 0.848 bits per heavy atom. The molecular weight excluding hydrogens is 407 g/mol. The molecule has 0 spiro atoms. The number of hydrogen-bond acceptors (Lipinski definition) is 5. The minimum absolute atomic E-state index is 0.0433. The third kappa shape index (κ3) is 4.50. The molecule has 4 rings (SSSR count). The molecule has 3 aromatic heterocycles. The van der Waals surface area contributed by atoms with Gasteiger partial charge in [0.2, 0.25) is 0 Å². The van der Waals surface area contributed by atoms with Crippen LogP contribution in [-0.2, 0) is 0 Å². The van der Waals surface area contributed by atoms with Crippen LogP contribution in [0.4, 0.5) is 0 Å². The minimum Gasteiger partial charge on any atom is -0.515 e. The van der Waals surface area contributed by atoms with Gasteiger partial charge in [-0.3, -0.25) is 14.5 Å². The van der Waals surface area contributed by atoms with Crippen LogP contribution in [0.1, 0.15) is 0 Å². The number of ether oxygens (including phenoxy) is 2. The summed E-state index contributed by atoms with van der Waals surface area (Å²) in [4.78, 5) is 23.9. The molecule has 1 aromatic carbocycles. The molecule has 15 heteroatoms. The standard InChI is InChI=1S/C18H8B8N4O3/c19-16(20,21)17(22,23)32-12-4-6-28-14-13(12)30(15(31)29-14)8-1-2-10-9(7-8)11(3-5-27-10)33-18(24,25)26/h1-7H,(H,28,29,31). The van der Waals surface area contributed by atoms with E-state index < -0.39 is 21.5 Å². The number of benzene rings is 1.